The van der Waals surface area contributed by atoms with Crippen LogP contribution >= 0.6 is 0 Å². The number of hydrogen-bond acceptors (Lipinski definition) is 2. The van der Waals surface area contributed by atoms with Crippen LogP contribution in [-0.2, 0) is 5.79 Å². The lowest BCUT2D eigenvalue weighted by molar-refractivity contribution is -0.175. The monoisotopic (exact) mass is 264 g/mol. The molecule has 2 nitrogen and oxygen atoms in total. The fourth-order valence-corrected chi connectivity index (χ4v) is 2.35. The lowest BCUT2D eigenvalue weighted by Gasteiger charge is -2.22. The van der Waals surface area contributed by atoms with Gasteiger partial charge in [-0.1, -0.05) is 82.2 Å². The maximum atomic E-state index is 10.0. The topological polar surface area (TPSA) is 40.5 Å². The Labute approximate surface area is 117 Å². The molecule has 0 aromatic heterocycles. The summed E-state index contributed by atoms with van der Waals surface area (Å²) in [7, 11) is 0. The van der Waals surface area contributed by atoms with Crippen LogP contribution in [0.25, 0.3) is 0 Å². The Morgan fingerprint density at radius 3 is 1.89 bits per heavy atom. The fourth-order valence-electron chi connectivity index (χ4n) is 2.35. The summed E-state index contributed by atoms with van der Waals surface area (Å²) in [5.74, 6) is -1.66. The van der Waals surface area contributed by atoms with Crippen molar-refractivity contribution in [3.05, 3.63) is 35.9 Å². The highest BCUT2D eigenvalue weighted by Gasteiger charge is 2.24. The predicted octanol–water partition coefficient (Wildman–Crippen LogP) is 4.35. The van der Waals surface area contributed by atoms with Crippen LogP contribution in [0.4, 0.5) is 0 Å². The lowest BCUT2D eigenvalue weighted by atomic mass is 9.98. The van der Waals surface area contributed by atoms with Crippen LogP contribution in [0.2, 0.25) is 0 Å². The van der Waals surface area contributed by atoms with Crippen molar-refractivity contribution in [2.45, 2.75) is 70.5 Å². The summed E-state index contributed by atoms with van der Waals surface area (Å²) in [6, 6.07) is 9.10. The van der Waals surface area contributed by atoms with Gasteiger partial charge in [-0.2, -0.15) is 0 Å². The van der Waals surface area contributed by atoms with Gasteiger partial charge in [0.15, 0.2) is 5.79 Å². The quantitative estimate of drug-likeness (QED) is 0.487. The predicted molar refractivity (Wildman–Crippen MR) is 79.8 cm³/mol. The molecule has 0 bridgehead atoms. The molecule has 0 radical (unpaired) electrons. The molecule has 0 saturated heterocycles. The summed E-state index contributed by atoms with van der Waals surface area (Å²) >= 11 is 0. The van der Waals surface area contributed by atoms with Gasteiger partial charge in [0.1, 0.15) is 0 Å². The molecular formula is C17H28O2. The molecule has 0 aliphatic heterocycles. The molecule has 0 aliphatic carbocycles. The number of rotatable bonds is 10. The van der Waals surface area contributed by atoms with E-state index in [0.29, 0.717) is 12.0 Å². The zero-order chi connectivity index (χ0) is 14.0. The first-order chi connectivity index (χ1) is 9.17. The van der Waals surface area contributed by atoms with E-state index < -0.39 is 5.79 Å². The summed E-state index contributed by atoms with van der Waals surface area (Å²) in [5.41, 5.74) is 0.595. The van der Waals surface area contributed by atoms with Gasteiger partial charge in [0.2, 0.25) is 0 Å². The van der Waals surface area contributed by atoms with Gasteiger partial charge < -0.3 is 10.2 Å². The third-order valence-corrected chi connectivity index (χ3v) is 3.62. The van der Waals surface area contributed by atoms with Crippen molar-refractivity contribution in [2.75, 3.05) is 0 Å². The highest BCUT2D eigenvalue weighted by molar-refractivity contribution is 5.19. The van der Waals surface area contributed by atoms with Crippen molar-refractivity contribution >= 4 is 0 Å². The van der Waals surface area contributed by atoms with Gasteiger partial charge in [-0.15, -0.1) is 0 Å². The summed E-state index contributed by atoms with van der Waals surface area (Å²) < 4.78 is 0. The van der Waals surface area contributed by atoms with Crippen molar-refractivity contribution in [1.29, 1.82) is 0 Å². The van der Waals surface area contributed by atoms with E-state index >= 15 is 0 Å². The Morgan fingerprint density at radius 2 is 1.32 bits per heavy atom. The smallest absolute Gasteiger partial charge is 0.189 e. The van der Waals surface area contributed by atoms with Gasteiger partial charge in [-0.3, -0.25) is 0 Å². The Hall–Kier alpha value is -0.860. The third-order valence-electron chi connectivity index (χ3n) is 3.62. The van der Waals surface area contributed by atoms with E-state index in [1.807, 2.05) is 18.2 Å². The standard InChI is InChI=1S/C17H28O2/c1-2-3-4-5-6-7-8-12-15-17(18,19)16-13-10-9-11-14-16/h9-11,13-14,18-19H,2-8,12,15H2,1H3. The van der Waals surface area contributed by atoms with E-state index in [1.54, 1.807) is 12.1 Å². The van der Waals surface area contributed by atoms with E-state index in [-0.39, 0.29) is 0 Å². The van der Waals surface area contributed by atoms with E-state index in [4.69, 9.17) is 0 Å². The second-order valence-electron chi connectivity index (χ2n) is 5.41. The summed E-state index contributed by atoms with van der Waals surface area (Å²) in [6.07, 6.45) is 10.1. The maximum Gasteiger partial charge on any atom is 0.189 e. The van der Waals surface area contributed by atoms with E-state index in [2.05, 4.69) is 6.92 Å². The average Bonchev–Trinajstić information content (AvgIpc) is 2.43. The Balaban J connectivity index is 2.12. The molecule has 0 heterocycles. The molecule has 19 heavy (non-hydrogen) atoms. The second kappa shape index (κ2) is 9.11. The Morgan fingerprint density at radius 1 is 0.789 bits per heavy atom. The molecule has 1 aromatic carbocycles. The Kier molecular flexibility index (Phi) is 7.76. The first-order valence-electron chi connectivity index (χ1n) is 7.67. The van der Waals surface area contributed by atoms with E-state index in [1.165, 1.54) is 38.5 Å². The van der Waals surface area contributed by atoms with Gasteiger partial charge >= 0.3 is 0 Å². The molecule has 1 aromatic rings. The van der Waals surface area contributed by atoms with Crippen LogP contribution < -0.4 is 0 Å². The largest absolute Gasteiger partial charge is 0.362 e. The normalized spacial score (nSPS) is 11.7. The zero-order valence-corrected chi connectivity index (χ0v) is 12.1. The Bertz CT molecular complexity index is 319. The zero-order valence-electron chi connectivity index (χ0n) is 12.1. The highest BCUT2D eigenvalue weighted by atomic mass is 16.5. The van der Waals surface area contributed by atoms with Crippen LogP contribution in [0.3, 0.4) is 0 Å². The molecule has 0 unspecified atom stereocenters. The summed E-state index contributed by atoms with van der Waals surface area (Å²) in [6.45, 7) is 2.23. The van der Waals surface area contributed by atoms with Crippen molar-refractivity contribution in [1.82, 2.24) is 0 Å². The molecule has 0 spiro atoms. The first-order valence-corrected chi connectivity index (χ1v) is 7.67. The van der Waals surface area contributed by atoms with Crippen molar-refractivity contribution in [2.24, 2.45) is 0 Å². The van der Waals surface area contributed by atoms with Gasteiger partial charge in [0.05, 0.1) is 0 Å². The lowest BCUT2D eigenvalue weighted by Crippen LogP contribution is -2.24. The van der Waals surface area contributed by atoms with Crippen LogP contribution in [0.5, 0.6) is 0 Å². The van der Waals surface area contributed by atoms with E-state index in [9.17, 15) is 10.2 Å². The van der Waals surface area contributed by atoms with Gasteiger partial charge in [0.25, 0.3) is 0 Å². The molecule has 0 aliphatic rings. The summed E-state index contributed by atoms with van der Waals surface area (Å²) in [5, 5.41) is 20.0. The minimum Gasteiger partial charge on any atom is -0.362 e. The molecule has 108 valence electrons. The van der Waals surface area contributed by atoms with Crippen LogP contribution in [0.1, 0.15) is 70.3 Å². The summed E-state index contributed by atoms with van der Waals surface area (Å²) in [4.78, 5) is 0. The molecule has 0 atom stereocenters. The van der Waals surface area contributed by atoms with Crippen LogP contribution in [0, 0.1) is 0 Å². The first kappa shape index (κ1) is 16.2. The fraction of sp³-hybridized carbons (Fsp3) is 0.647. The third kappa shape index (κ3) is 6.74. The molecular weight excluding hydrogens is 236 g/mol. The van der Waals surface area contributed by atoms with Crippen molar-refractivity contribution < 1.29 is 10.2 Å². The minimum atomic E-state index is -1.66. The van der Waals surface area contributed by atoms with E-state index in [0.717, 1.165) is 12.8 Å². The highest BCUT2D eigenvalue weighted by Crippen LogP contribution is 2.24. The van der Waals surface area contributed by atoms with Crippen molar-refractivity contribution in [3.63, 3.8) is 0 Å². The van der Waals surface area contributed by atoms with Gasteiger partial charge in [-0.25, -0.2) is 0 Å². The minimum absolute atomic E-state index is 0.423. The number of hydrogen-bond donors (Lipinski definition) is 2. The number of unbranched alkanes of at least 4 members (excludes halogenated alkanes) is 7. The number of benzene rings is 1. The molecule has 0 amide bonds. The molecule has 1 rings (SSSR count). The van der Waals surface area contributed by atoms with Crippen LogP contribution in [-0.4, -0.2) is 10.2 Å². The molecule has 2 heteroatoms. The van der Waals surface area contributed by atoms with Crippen molar-refractivity contribution in [3.8, 4) is 0 Å². The molecule has 2 N–H and O–H groups in total. The molecule has 0 saturated carbocycles. The molecule has 0 fully saturated rings. The average molecular weight is 264 g/mol. The SMILES string of the molecule is CCCCCCCCCCC(O)(O)c1ccccc1. The second-order valence-corrected chi connectivity index (χ2v) is 5.41. The van der Waals surface area contributed by atoms with Crippen LogP contribution in [0.15, 0.2) is 30.3 Å². The number of aliphatic hydroxyl groups is 2. The van der Waals surface area contributed by atoms with Gasteiger partial charge in [-0.05, 0) is 6.42 Å². The maximum absolute atomic E-state index is 10.0. The van der Waals surface area contributed by atoms with Gasteiger partial charge in [0, 0.05) is 12.0 Å².